The molecule has 0 saturated carbocycles. The lowest BCUT2D eigenvalue weighted by molar-refractivity contribution is 0.102. The number of benzene rings is 2. The van der Waals surface area contributed by atoms with Gasteiger partial charge in [-0.25, -0.2) is 8.42 Å². The summed E-state index contributed by atoms with van der Waals surface area (Å²) in [6.45, 7) is 7.19. The lowest BCUT2D eigenvalue weighted by Gasteiger charge is -2.28. The number of ether oxygens (including phenoxy) is 2. The Labute approximate surface area is 178 Å². The Hall–Kier alpha value is -2.58. The third-order valence-corrected chi connectivity index (χ3v) is 6.83. The van der Waals surface area contributed by atoms with Crippen LogP contribution in [0.1, 0.15) is 42.3 Å². The number of nitrogens with zero attached hydrogens (tertiary/aromatic N) is 1. The molecule has 2 aromatic carbocycles. The van der Waals surface area contributed by atoms with Gasteiger partial charge in [-0.05, 0) is 68.7 Å². The first-order valence-electron chi connectivity index (χ1n) is 10.2. The molecule has 7 nitrogen and oxygen atoms in total. The van der Waals surface area contributed by atoms with Gasteiger partial charge in [0.05, 0.1) is 19.0 Å². The van der Waals surface area contributed by atoms with Crippen molar-refractivity contribution in [2.75, 3.05) is 30.8 Å². The van der Waals surface area contributed by atoms with Crippen LogP contribution >= 0.6 is 0 Å². The normalized spacial score (nSPS) is 14.1. The average Bonchev–Trinajstić information content (AvgIpc) is 2.74. The Morgan fingerprint density at radius 1 is 1.00 bits per heavy atom. The zero-order valence-corrected chi connectivity index (χ0v) is 18.4. The van der Waals surface area contributed by atoms with E-state index in [1.165, 1.54) is 4.31 Å². The minimum Gasteiger partial charge on any atom is -0.490 e. The van der Waals surface area contributed by atoms with Crippen molar-refractivity contribution in [3.63, 3.8) is 0 Å². The van der Waals surface area contributed by atoms with Gasteiger partial charge in [0.25, 0.3) is 5.91 Å². The molecule has 1 aliphatic rings. The third kappa shape index (κ3) is 4.94. The molecule has 8 heteroatoms. The second-order valence-electron chi connectivity index (χ2n) is 6.95. The van der Waals surface area contributed by atoms with E-state index in [4.69, 9.17) is 9.47 Å². The van der Waals surface area contributed by atoms with Gasteiger partial charge in [-0.3, -0.25) is 4.79 Å². The lowest BCUT2D eigenvalue weighted by atomic mass is 10.0. The molecule has 1 amide bonds. The van der Waals surface area contributed by atoms with Crippen LogP contribution in [-0.2, 0) is 23.0 Å². The third-order valence-electron chi connectivity index (χ3n) is 5.01. The summed E-state index contributed by atoms with van der Waals surface area (Å²) < 4.78 is 37.0. The molecule has 30 heavy (non-hydrogen) atoms. The van der Waals surface area contributed by atoms with Crippen LogP contribution in [0.15, 0.2) is 36.4 Å². The number of carbonyl (C=O) groups excluding carboxylic acids is 1. The molecular formula is C22H28N2O5S. The van der Waals surface area contributed by atoms with E-state index in [-0.39, 0.29) is 11.7 Å². The molecule has 0 unspecified atom stereocenters. The highest BCUT2D eigenvalue weighted by Crippen LogP contribution is 2.29. The minimum atomic E-state index is -3.24. The second-order valence-corrected chi connectivity index (χ2v) is 9.21. The fraction of sp³-hybridized carbons (Fsp3) is 0.409. The van der Waals surface area contributed by atoms with E-state index in [0.717, 1.165) is 11.1 Å². The van der Waals surface area contributed by atoms with Crippen molar-refractivity contribution in [1.82, 2.24) is 4.31 Å². The van der Waals surface area contributed by atoms with Crippen molar-refractivity contribution >= 4 is 21.6 Å². The van der Waals surface area contributed by atoms with E-state index >= 15 is 0 Å². The molecule has 0 spiro atoms. The number of hydrogen-bond donors (Lipinski definition) is 1. The standard InChI is InChI=1S/C22H28N2O5S/c1-4-28-20-10-8-17(14-21(20)29-5-2)22(25)23-19-9-7-16-11-12-24(15-18(16)13-19)30(26,27)6-3/h7-10,13-14H,4-6,11-12,15H2,1-3H3,(H,23,25). The van der Waals surface area contributed by atoms with Crippen molar-refractivity contribution in [3.05, 3.63) is 53.1 Å². The Morgan fingerprint density at radius 2 is 1.73 bits per heavy atom. The predicted molar refractivity (Wildman–Crippen MR) is 117 cm³/mol. The van der Waals surface area contributed by atoms with E-state index in [2.05, 4.69) is 5.32 Å². The quantitative estimate of drug-likeness (QED) is 0.691. The Bertz CT molecular complexity index is 1020. The Morgan fingerprint density at radius 3 is 2.43 bits per heavy atom. The molecule has 1 aliphatic heterocycles. The molecule has 0 aliphatic carbocycles. The molecule has 3 rings (SSSR count). The molecule has 0 aromatic heterocycles. The number of nitrogens with one attached hydrogen (secondary N) is 1. The molecule has 2 aromatic rings. The van der Waals surface area contributed by atoms with Gasteiger partial charge in [-0.15, -0.1) is 0 Å². The lowest BCUT2D eigenvalue weighted by Crippen LogP contribution is -2.36. The highest BCUT2D eigenvalue weighted by molar-refractivity contribution is 7.89. The van der Waals surface area contributed by atoms with Crippen molar-refractivity contribution < 1.29 is 22.7 Å². The Balaban J connectivity index is 1.78. The van der Waals surface area contributed by atoms with Gasteiger partial charge in [0.2, 0.25) is 10.0 Å². The van der Waals surface area contributed by atoms with E-state index in [1.807, 2.05) is 32.0 Å². The highest BCUT2D eigenvalue weighted by atomic mass is 32.2. The number of anilines is 1. The molecule has 0 bridgehead atoms. The predicted octanol–water partition coefficient (Wildman–Crippen LogP) is 3.44. The maximum absolute atomic E-state index is 12.8. The van der Waals surface area contributed by atoms with Crippen LogP contribution in [0.4, 0.5) is 5.69 Å². The van der Waals surface area contributed by atoms with Gasteiger partial charge < -0.3 is 14.8 Å². The average molecular weight is 433 g/mol. The monoisotopic (exact) mass is 432 g/mol. The summed E-state index contributed by atoms with van der Waals surface area (Å²) >= 11 is 0. The van der Waals surface area contributed by atoms with Crippen LogP contribution in [-0.4, -0.2) is 44.1 Å². The molecule has 162 valence electrons. The molecule has 0 fully saturated rings. The topological polar surface area (TPSA) is 84.9 Å². The van der Waals surface area contributed by atoms with E-state index < -0.39 is 10.0 Å². The van der Waals surface area contributed by atoms with Crippen LogP contribution in [0, 0.1) is 0 Å². The first-order valence-corrected chi connectivity index (χ1v) is 11.8. The van der Waals surface area contributed by atoms with Gasteiger partial charge in [0, 0.05) is 24.3 Å². The van der Waals surface area contributed by atoms with E-state index in [1.54, 1.807) is 25.1 Å². The first-order chi connectivity index (χ1) is 14.4. The summed E-state index contributed by atoms with van der Waals surface area (Å²) in [6, 6.07) is 10.7. The number of amides is 1. The molecule has 0 atom stereocenters. The maximum Gasteiger partial charge on any atom is 0.255 e. The SMILES string of the molecule is CCOc1ccc(C(=O)Nc2ccc3c(c2)CN(S(=O)(=O)CC)CC3)cc1OCC. The molecule has 1 heterocycles. The number of fused-ring (bicyclic) bond motifs is 1. The smallest absolute Gasteiger partial charge is 0.255 e. The van der Waals surface area contributed by atoms with Crippen LogP contribution in [0.5, 0.6) is 11.5 Å². The summed E-state index contributed by atoms with van der Waals surface area (Å²) in [5.41, 5.74) is 3.10. The van der Waals surface area contributed by atoms with Gasteiger partial charge in [-0.1, -0.05) is 6.07 Å². The van der Waals surface area contributed by atoms with Gasteiger partial charge in [-0.2, -0.15) is 4.31 Å². The fourth-order valence-corrected chi connectivity index (χ4v) is 4.49. The fourth-order valence-electron chi connectivity index (χ4n) is 3.42. The summed E-state index contributed by atoms with van der Waals surface area (Å²) in [7, 11) is -3.24. The largest absolute Gasteiger partial charge is 0.490 e. The van der Waals surface area contributed by atoms with Gasteiger partial charge >= 0.3 is 0 Å². The van der Waals surface area contributed by atoms with E-state index in [0.29, 0.717) is 55.5 Å². The molecule has 1 N–H and O–H groups in total. The summed E-state index contributed by atoms with van der Waals surface area (Å²) in [6.07, 6.45) is 0.666. The maximum atomic E-state index is 12.8. The van der Waals surface area contributed by atoms with Crippen molar-refractivity contribution in [1.29, 1.82) is 0 Å². The van der Waals surface area contributed by atoms with Gasteiger partial charge in [0.15, 0.2) is 11.5 Å². The zero-order chi connectivity index (χ0) is 21.7. The first kappa shape index (κ1) is 22.1. The number of sulfonamides is 1. The van der Waals surface area contributed by atoms with Crippen LogP contribution < -0.4 is 14.8 Å². The van der Waals surface area contributed by atoms with Gasteiger partial charge in [0.1, 0.15) is 0 Å². The Kier molecular flexibility index (Phi) is 6.99. The molecule has 0 radical (unpaired) electrons. The zero-order valence-electron chi connectivity index (χ0n) is 17.6. The highest BCUT2D eigenvalue weighted by Gasteiger charge is 2.25. The van der Waals surface area contributed by atoms with Crippen molar-refractivity contribution in [2.24, 2.45) is 0 Å². The van der Waals surface area contributed by atoms with Crippen LogP contribution in [0.3, 0.4) is 0 Å². The molecular weight excluding hydrogens is 404 g/mol. The second kappa shape index (κ2) is 9.49. The number of carbonyl (C=O) groups is 1. The summed E-state index contributed by atoms with van der Waals surface area (Å²) in [5, 5.41) is 2.89. The van der Waals surface area contributed by atoms with Crippen molar-refractivity contribution in [2.45, 2.75) is 33.7 Å². The number of hydrogen-bond acceptors (Lipinski definition) is 5. The minimum absolute atomic E-state index is 0.0820. The van der Waals surface area contributed by atoms with E-state index in [9.17, 15) is 13.2 Å². The summed E-state index contributed by atoms with van der Waals surface area (Å²) in [5.74, 6) is 0.936. The van der Waals surface area contributed by atoms with Crippen LogP contribution in [0.2, 0.25) is 0 Å². The summed E-state index contributed by atoms with van der Waals surface area (Å²) in [4.78, 5) is 12.8. The number of rotatable bonds is 8. The molecule has 0 saturated heterocycles. The van der Waals surface area contributed by atoms with Crippen LogP contribution in [0.25, 0.3) is 0 Å². The van der Waals surface area contributed by atoms with Crippen molar-refractivity contribution in [3.8, 4) is 11.5 Å².